The van der Waals surface area contributed by atoms with Gasteiger partial charge in [-0.2, -0.15) is 0 Å². The summed E-state index contributed by atoms with van der Waals surface area (Å²) in [5.41, 5.74) is 0. The van der Waals surface area contributed by atoms with Gasteiger partial charge in [0.25, 0.3) is 0 Å². The Kier molecular flexibility index (Phi) is 5.98. The maximum absolute atomic E-state index is 9.76. The van der Waals surface area contributed by atoms with Crippen LogP contribution in [-0.4, -0.2) is 19.3 Å². The lowest BCUT2D eigenvalue weighted by atomic mass is 9.76. The Morgan fingerprint density at radius 2 is 1.52 bits per heavy atom. The normalized spacial score (nSPS) is 35.1. The highest BCUT2D eigenvalue weighted by atomic mass is 28.3. The molecule has 1 N–H and O–H groups in total. The highest BCUT2D eigenvalue weighted by molar-refractivity contribution is 6.92. The van der Waals surface area contributed by atoms with Gasteiger partial charge in [0.05, 0.1) is 14.2 Å². The monoisotopic (exact) mass is 330 g/mol. The largest absolute Gasteiger partial charge is 0.393 e. The maximum atomic E-state index is 9.76. The van der Waals surface area contributed by atoms with Crippen LogP contribution in [0.3, 0.4) is 0 Å². The van der Waals surface area contributed by atoms with E-state index in [0.717, 1.165) is 24.7 Å². The van der Waals surface area contributed by atoms with Crippen molar-refractivity contribution >= 4 is 13.3 Å². The van der Waals surface area contributed by atoms with Gasteiger partial charge in [0, 0.05) is 0 Å². The average molecular weight is 331 g/mol. The minimum absolute atomic E-state index is 0.00261. The zero-order chi connectivity index (χ0) is 16.1. The second-order valence-electron chi connectivity index (χ2n) is 8.16. The van der Waals surface area contributed by atoms with Crippen LogP contribution in [0.4, 0.5) is 0 Å². The molecule has 0 bridgehead atoms. The molecule has 1 aromatic carbocycles. The molecule has 1 aromatic rings. The van der Waals surface area contributed by atoms with Crippen LogP contribution in [-0.2, 0) is 0 Å². The molecule has 23 heavy (non-hydrogen) atoms. The lowest BCUT2D eigenvalue weighted by Gasteiger charge is -2.43. The van der Waals surface area contributed by atoms with Crippen molar-refractivity contribution < 1.29 is 5.11 Å². The van der Waals surface area contributed by atoms with Crippen molar-refractivity contribution in [3.63, 3.8) is 0 Å². The molecule has 0 amide bonds. The Labute approximate surface area is 143 Å². The van der Waals surface area contributed by atoms with E-state index in [0.29, 0.717) is 0 Å². The van der Waals surface area contributed by atoms with Crippen molar-refractivity contribution in [2.45, 2.75) is 82.5 Å². The molecule has 3 rings (SSSR count). The van der Waals surface area contributed by atoms with Gasteiger partial charge in [0.1, 0.15) is 0 Å². The highest BCUT2D eigenvalue weighted by Crippen LogP contribution is 2.43. The fourth-order valence-corrected chi connectivity index (χ4v) is 10.6. The molecular formula is C21H34OSi. The van der Waals surface area contributed by atoms with Crippen molar-refractivity contribution in [2.24, 2.45) is 11.8 Å². The quantitative estimate of drug-likeness (QED) is 0.744. The highest BCUT2D eigenvalue weighted by Gasteiger charge is 2.40. The number of aliphatic hydroxyl groups excluding tert-OH is 1. The first kappa shape index (κ1) is 17.2. The molecule has 0 atom stereocenters. The molecular weight excluding hydrogens is 296 g/mol. The van der Waals surface area contributed by atoms with Crippen LogP contribution in [0.1, 0.15) is 58.3 Å². The summed E-state index contributed by atoms with van der Waals surface area (Å²) >= 11 is 0. The minimum Gasteiger partial charge on any atom is -0.393 e. The van der Waals surface area contributed by atoms with Crippen LogP contribution in [0, 0.1) is 11.8 Å². The molecule has 1 aliphatic heterocycles. The molecule has 1 saturated heterocycles. The fourth-order valence-electron chi connectivity index (χ4n) is 5.23. The maximum Gasteiger partial charge on any atom is 0.0867 e. The van der Waals surface area contributed by atoms with Crippen molar-refractivity contribution in [1.29, 1.82) is 0 Å². The van der Waals surface area contributed by atoms with Gasteiger partial charge in [-0.1, -0.05) is 86.3 Å². The summed E-state index contributed by atoms with van der Waals surface area (Å²) in [5, 5.41) is 11.5. The van der Waals surface area contributed by atoms with Gasteiger partial charge in [0.2, 0.25) is 0 Å². The average Bonchev–Trinajstić information content (AvgIpc) is 2.62. The van der Waals surface area contributed by atoms with Crippen molar-refractivity contribution in [1.82, 2.24) is 0 Å². The molecule has 128 valence electrons. The Bertz CT molecular complexity index is 456. The standard InChI is InChI=1S/C21H34OSi/c1-2-3-15-23(21-7-5-4-6-8-21)16-13-19(14-17-23)18-9-11-20(22)12-10-18/h4-8,18-20,22H,2-3,9-17H2,1H3. The Morgan fingerprint density at radius 1 is 0.913 bits per heavy atom. The summed E-state index contributed by atoms with van der Waals surface area (Å²) in [5.74, 6) is 1.86. The van der Waals surface area contributed by atoms with Crippen LogP contribution in [0.15, 0.2) is 30.3 Å². The molecule has 1 aliphatic carbocycles. The van der Waals surface area contributed by atoms with Crippen LogP contribution in [0.5, 0.6) is 0 Å². The summed E-state index contributed by atoms with van der Waals surface area (Å²) in [4.78, 5) is 0. The third kappa shape index (κ3) is 4.08. The molecule has 1 nitrogen and oxygen atoms in total. The zero-order valence-electron chi connectivity index (χ0n) is 14.8. The Hall–Kier alpha value is -0.603. The van der Waals surface area contributed by atoms with E-state index in [9.17, 15) is 5.11 Å². The topological polar surface area (TPSA) is 20.2 Å². The van der Waals surface area contributed by atoms with E-state index in [1.165, 1.54) is 56.7 Å². The first-order chi connectivity index (χ1) is 11.2. The first-order valence-electron chi connectivity index (χ1n) is 9.97. The van der Waals surface area contributed by atoms with E-state index in [2.05, 4.69) is 37.3 Å². The van der Waals surface area contributed by atoms with Crippen LogP contribution in [0.2, 0.25) is 18.1 Å². The minimum atomic E-state index is -1.25. The van der Waals surface area contributed by atoms with E-state index < -0.39 is 8.07 Å². The molecule has 1 heterocycles. The number of aliphatic hydroxyl groups is 1. The van der Waals surface area contributed by atoms with E-state index in [4.69, 9.17) is 0 Å². The van der Waals surface area contributed by atoms with Gasteiger partial charge >= 0.3 is 0 Å². The first-order valence-corrected chi connectivity index (χ1v) is 12.6. The number of unbranched alkanes of at least 4 members (excludes halogenated alkanes) is 1. The molecule has 2 heteroatoms. The summed E-state index contributed by atoms with van der Waals surface area (Å²) in [7, 11) is -1.25. The smallest absolute Gasteiger partial charge is 0.0867 e. The van der Waals surface area contributed by atoms with Crippen LogP contribution >= 0.6 is 0 Å². The number of rotatable bonds is 5. The molecule has 1 saturated carbocycles. The van der Waals surface area contributed by atoms with Crippen molar-refractivity contribution in [3.05, 3.63) is 30.3 Å². The van der Waals surface area contributed by atoms with Gasteiger partial charge in [-0.15, -0.1) is 0 Å². The van der Waals surface area contributed by atoms with Gasteiger partial charge in [0.15, 0.2) is 0 Å². The van der Waals surface area contributed by atoms with Crippen LogP contribution < -0.4 is 5.19 Å². The Balaban J connectivity index is 1.65. The fraction of sp³-hybridized carbons (Fsp3) is 0.714. The zero-order valence-corrected chi connectivity index (χ0v) is 15.8. The van der Waals surface area contributed by atoms with Gasteiger partial charge in [-0.3, -0.25) is 0 Å². The molecule has 0 unspecified atom stereocenters. The third-order valence-electron chi connectivity index (χ3n) is 6.79. The van der Waals surface area contributed by atoms with Gasteiger partial charge in [-0.25, -0.2) is 0 Å². The summed E-state index contributed by atoms with van der Waals surface area (Å²) in [6.45, 7) is 2.34. The predicted octanol–water partition coefficient (Wildman–Crippen LogP) is 5.10. The van der Waals surface area contributed by atoms with Crippen molar-refractivity contribution in [2.75, 3.05) is 0 Å². The predicted molar refractivity (Wildman–Crippen MR) is 102 cm³/mol. The van der Waals surface area contributed by atoms with E-state index >= 15 is 0 Å². The SMILES string of the molecule is CCCC[Si]1(c2ccccc2)CCC(C2CCC(O)CC2)CC1. The number of benzene rings is 1. The molecule has 0 aromatic heterocycles. The Morgan fingerprint density at radius 3 is 2.13 bits per heavy atom. The third-order valence-corrected chi connectivity index (χ3v) is 12.2. The summed E-state index contributed by atoms with van der Waals surface area (Å²) in [6.07, 6.45) is 10.3. The molecule has 2 fully saturated rings. The van der Waals surface area contributed by atoms with Crippen LogP contribution in [0.25, 0.3) is 0 Å². The molecule has 0 spiro atoms. The van der Waals surface area contributed by atoms with Crippen molar-refractivity contribution in [3.8, 4) is 0 Å². The van der Waals surface area contributed by atoms with E-state index in [1.54, 1.807) is 5.19 Å². The summed E-state index contributed by atoms with van der Waals surface area (Å²) in [6, 6.07) is 16.1. The number of hydrogen-bond acceptors (Lipinski definition) is 1. The molecule has 0 radical (unpaired) electrons. The summed E-state index contributed by atoms with van der Waals surface area (Å²) < 4.78 is 0. The second-order valence-corrected chi connectivity index (χ2v) is 12.8. The van der Waals surface area contributed by atoms with Gasteiger partial charge < -0.3 is 5.11 Å². The lowest BCUT2D eigenvalue weighted by molar-refractivity contribution is 0.0880. The lowest BCUT2D eigenvalue weighted by Crippen LogP contribution is -2.50. The number of hydrogen-bond donors (Lipinski definition) is 1. The van der Waals surface area contributed by atoms with E-state index in [1.807, 2.05) is 0 Å². The van der Waals surface area contributed by atoms with Gasteiger partial charge in [-0.05, 0) is 37.5 Å². The van der Waals surface area contributed by atoms with E-state index in [-0.39, 0.29) is 6.10 Å². The molecule has 2 aliphatic rings. The second kappa shape index (κ2) is 7.98.